The molecule has 0 fully saturated rings. The molecule has 8 heteroatoms. The first-order valence-electron chi connectivity index (χ1n) is 9.96. The Morgan fingerprint density at radius 3 is 2.53 bits per heavy atom. The molecule has 7 nitrogen and oxygen atoms in total. The Kier molecular flexibility index (Phi) is 4.55. The largest absolute Gasteiger partial charge is 0.280 e. The molecule has 32 heavy (non-hydrogen) atoms. The van der Waals surface area contributed by atoms with Crippen LogP contribution in [0.5, 0.6) is 0 Å². The van der Waals surface area contributed by atoms with Gasteiger partial charge in [0.15, 0.2) is 5.65 Å². The van der Waals surface area contributed by atoms with Crippen LogP contribution >= 0.6 is 0 Å². The standard InChI is InChI=1S/C24H18FN5O2/c1-14-5-3-4-6-18(14)23(31)28-29-12-11-20-19(24(29)32)13-26-22-21(15(2)27-30(20)22)16-7-9-17(25)10-8-16/h3-13H,1-2H3,(H,28,31). The van der Waals surface area contributed by atoms with Gasteiger partial charge >= 0.3 is 0 Å². The van der Waals surface area contributed by atoms with Gasteiger partial charge in [-0.2, -0.15) is 5.10 Å². The van der Waals surface area contributed by atoms with Crippen molar-refractivity contribution in [3.8, 4) is 11.1 Å². The van der Waals surface area contributed by atoms with Crippen LogP contribution in [0.2, 0.25) is 0 Å². The van der Waals surface area contributed by atoms with E-state index >= 15 is 0 Å². The molecule has 0 saturated heterocycles. The lowest BCUT2D eigenvalue weighted by atomic mass is 10.1. The zero-order chi connectivity index (χ0) is 22.4. The van der Waals surface area contributed by atoms with Crippen LogP contribution in [0.1, 0.15) is 21.6 Å². The summed E-state index contributed by atoms with van der Waals surface area (Å²) in [6.07, 6.45) is 2.96. The highest BCUT2D eigenvalue weighted by molar-refractivity contribution is 6.01. The number of benzene rings is 2. The lowest BCUT2D eigenvalue weighted by Gasteiger charge is -2.11. The van der Waals surface area contributed by atoms with Crippen molar-refractivity contribution < 1.29 is 9.18 Å². The molecule has 0 saturated carbocycles. The molecule has 1 N–H and O–H groups in total. The summed E-state index contributed by atoms with van der Waals surface area (Å²) >= 11 is 0. The van der Waals surface area contributed by atoms with Gasteiger partial charge in [-0.25, -0.2) is 18.6 Å². The first-order chi connectivity index (χ1) is 15.4. The van der Waals surface area contributed by atoms with E-state index in [9.17, 15) is 14.0 Å². The topological polar surface area (TPSA) is 81.3 Å². The number of nitrogens with zero attached hydrogens (tertiary/aromatic N) is 4. The highest BCUT2D eigenvalue weighted by Crippen LogP contribution is 2.28. The summed E-state index contributed by atoms with van der Waals surface area (Å²) in [5, 5.41) is 4.86. The molecule has 0 aliphatic rings. The maximum atomic E-state index is 13.4. The van der Waals surface area contributed by atoms with Crippen molar-refractivity contribution >= 4 is 22.5 Å². The molecule has 158 valence electrons. The number of aryl methyl sites for hydroxylation is 2. The van der Waals surface area contributed by atoms with Crippen molar-refractivity contribution in [2.45, 2.75) is 13.8 Å². The average molecular weight is 427 g/mol. The van der Waals surface area contributed by atoms with Crippen molar-refractivity contribution in [2.75, 3.05) is 5.43 Å². The second kappa shape index (κ2) is 7.42. The summed E-state index contributed by atoms with van der Waals surface area (Å²) in [5.74, 6) is -0.707. The lowest BCUT2D eigenvalue weighted by molar-refractivity contribution is 0.101. The molecule has 0 aliphatic carbocycles. The van der Waals surface area contributed by atoms with E-state index in [4.69, 9.17) is 0 Å². The minimum absolute atomic E-state index is 0.304. The van der Waals surface area contributed by atoms with Gasteiger partial charge < -0.3 is 0 Å². The third-order valence-electron chi connectivity index (χ3n) is 5.43. The van der Waals surface area contributed by atoms with E-state index in [2.05, 4.69) is 15.5 Å². The number of carbonyl (C=O) groups excluding carboxylic acids is 1. The predicted molar refractivity (Wildman–Crippen MR) is 120 cm³/mol. The Bertz CT molecular complexity index is 1570. The average Bonchev–Trinajstić information content (AvgIpc) is 3.12. The van der Waals surface area contributed by atoms with E-state index in [0.29, 0.717) is 27.8 Å². The molecule has 5 rings (SSSR count). The van der Waals surface area contributed by atoms with Crippen LogP contribution in [0.25, 0.3) is 27.7 Å². The van der Waals surface area contributed by atoms with Gasteiger partial charge in [0.25, 0.3) is 11.5 Å². The normalized spacial score (nSPS) is 11.2. The van der Waals surface area contributed by atoms with Crippen LogP contribution in [-0.4, -0.2) is 25.2 Å². The fourth-order valence-corrected chi connectivity index (χ4v) is 3.82. The van der Waals surface area contributed by atoms with Crippen LogP contribution < -0.4 is 11.0 Å². The smallest absolute Gasteiger partial charge is 0.267 e. The second-order valence-corrected chi connectivity index (χ2v) is 7.51. The Balaban J connectivity index is 1.61. The Hall–Kier alpha value is -4.33. The van der Waals surface area contributed by atoms with Gasteiger partial charge in [0.1, 0.15) is 5.82 Å². The fourth-order valence-electron chi connectivity index (χ4n) is 3.82. The highest BCUT2D eigenvalue weighted by Gasteiger charge is 2.17. The van der Waals surface area contributed by atoms with Gasteiger partial charge in [-0.05, 0) is 49.2 Å². The number of aromatic nitrogens is 4. The van der Waals surface area contributed by atoms with E-state index in [0.717, 1.165) is 21.4 Å². The summed E-state index contributed by atoms with van der Waals surface area (Å²) in [6, 6.07) is 15.0. The molecule has 3 aromatic heterocycles. The third-order valence-corrected chi connectivity index (χ3v) is 5.43. The van der Waals surface area contributed by atoms with E-state index < -0.39 is 5.56 Å². The predicted octanol–water partition coefficient (Wildman–Crippen LogP) is 3.85. The van der Waals surface area contributed by atoms with Crippen molar-refractivity contribution in [3.05, 3.63) is 100.0 Å². The number of pyridine rings is 1. The quantitative estimate of drug-likeness (QED) is 0.474. The van der Waals surface area contributed by atoms with Crippen molar-refractivity contribution in [2.24, 2.45) is 0 Å². The summed E-state index contributed by atoms with van der Waals surface area (Å²) in [7, 11) is 0. The molecule has 0 unspecified atom stereocenters. The number of amides is 1. The molecule has 5 aromatic rings. The van der Waals surface area contributed by atoms with Crippen molar-refractivity contribution in [1.29, 1.82) is 0 Å². The molecule has 1 amide bonds. The number of hydrogen-bond acceptors (Lipinski definition) is 4. The SMILES string of the molecule is Cc1ccccc1C(=O)Nn1ccc2c(cnc3c(-c4ccc(F)cc4)c(C)nn32)c1=O. The van der Waals surface area contributed by atoms with Crippen molar-refractivity contribution in [1.82, 2.24) is 19.3 Å². The van der Waals surface area contributed by atoms with Gasteiger partial charge in [-0.3, -0.25) is 15.0 Å². The minimum atomic E-state index is -0.421. The van der Waals surface area contributed by atoms with Gasteiger partial charge in [0.05, 0.1) is 16.6 Å². The fraction of sp³-hybridized carbons (Fsp3) is 0.0833. The molecule has 2 aromatic carbocycles. The zero-order valence-electron chi connectivity index (χ0n) is 17.3. The van der Waals surface area contributed by atoms with E-state index in [1.165, 1.54) is 24.5 Å². The Morgan fingerprint density at radius 1 is 1.03 bits per heavy atom. The number of carbonyl (C=O) groups is 1. The monoisotopic (exact) mass is 427 g/mol. The molecule has 0 aliphatic heterocycles. The molecule has 0 atom stereocenters. The Labute approximate surface area is 181 Å². The molecular weight excluding hydrogens is 409 g/mol. The third kappa shape index (κ3) is 3.13. The van der Waals surface area contributed by atoms with Crippen LogP contribution in [0.4, 0.5) is 4.39 Å². The van der Waals surface area contributed by atoms with Gasteiger partial charge in [-0.1, -0.05) is 30.3 Å². The van der Waals surface area contributed by atoms with Gasteiger partial charge in [0, 0.05) is 23.5 Å². The van der Waals surface area contributed by atoms with Crippen molar-refractivity contribution in [3.63, 3.8) is 0 Å². The van der Waals surface area contributed by atoms with E-state index in [1.54, 1.807) is 34.8 Å². The molecule has 0 radical (unpaired) electrons. The molecule has 3 heterocycles. The van der Waals surface area contributed by atoms with Crippen LogP contribution in [0.3, 0.4) is 0 Å². The maximum absolute atomic E-state index is 13.4. The summed E-state index contributed by atoms with van der Waals surface area (Å²) in [5.41, 5.74) is 6.86. The van der Waals surface area contributed by atoms with E-state index in [-0.39, 0.29) is 11.7 Å². The minimum Gasteiger partial charge on any atom is -0.267 e. The van der Waals surface area contributed by atoms with Crippen LogP contribution in [-0.2, 0) is 0 Å². The number of hydrogen-bond donors (Lipinski definition) is 1. The summed E-state index contributed by atoms with van der Waals surface area (Å²) < 4.78 is 16.1. The number of fused-ring (bicyclic) bond motifs is 3. The Morgan fingerprint density at radius 2 is 1.78 bits per heavy atom. The second-order valence-electron chi connectivity index (χ2n) is 7.51. The van der Waals surface area contributed by atoms with Gasteiger partial charge in [0.2, 0.25) is 0 Å². The number of nitrogens with one attached hydrogen (secondary N) is 1. The van der Waals surface area contributed by atoms with Gasteiger partial charge in [-0.15, -0.1) is 0 Å². The summed E-state index contributed by atoms with van der Waals surface area (Å²) in [6.45, 7) is 3.67. The number of halogens is 1. The number of rotatable bonds is 3. The highest BCUT2D eigenvalue weighted by atomic mass is 19.1. The first kappa shape index (κ1) is 19.6. The zero-order valence-corrected chi connectivity index (χ0v) is 17.3. The van der Waals surface area contributed by atoms with Crippen LogP contribution in [0, 0.1) is 19.7 Å². The first-order valence-corrected chi connectivity index (χ1v) is 9.96. The molecule has 0 bridgehead atoms. The lowest BCUT2D eigenvalue weighted by Crippen LogP contribution is -2.33. The van der Waals surface area contributed by atoms with E-state index in [1.807, 2.05) is 26.0 Å². The molecule has 0 spiro atoms. The van der Waals surface area contributed by atoms with Crippen LogP contribution in [0.15, 0.2) is 71.8 Å². The molecular formula is C24H18FN5O2. The summed E-state index contributed by atoms with van der Waals surface area (Å²) in [4.78, 5) is 30.1. The maximum Gasteiger partial charge on any atom is 0.280 e.